The molecule has 4 nitrogen and oxygen atoms in total. The second kappa shape index (κ2) is 7.58. The van der Waals surface area contributed by atoms with E-state index in [1.807, 2.05) is 48.7 Å². The van der Waals surface area contributed by atoms with E-state index in [0.29, 0.717) is 6.04 Å². The smallest absolute Gasteiger partial charge is 0.192 e. The van der Waals surface area contributed by atoms with Gasteiger partial charge < -0.3 is 0 Å². The number of halogens is 1. The van der Waals surface area contributed by atoms with Gasteiger partial charge in [0.05, 0.1) is 10.7 Å². The fourth-order valence-corrected chi connectivity index (χ4v) is 4.46. The lowest BCUT2D eigenvalue weighted by atomic mass is 10.2. The zero-order chi connectivity index (χ0) is 17.1. The highest BCUT2D eigenvalue weighted by atomic mass is 35.5. The van der Waals surface area contributed by atoms with Crippen LogP contribution in [0.15, 0.2) is 53.8 Å². The quantitative estimate of drug-likeness (QED) is 0.564. The van der Waals surface area contributed by atoms with E-state index in [0.717, 1.165) is 33.0 Å². The van der Waals surface area contributed by atoms with Crippen molar-refractivity contribution in [2.24, 2.45) is 0 Å². The van der Waals surface area contributed by atoms with Gasteiger partial charge in [0.2, 0.25) is 0 Å². The highest BCUT2D eigenvalue weighted by molar-refractivity contribution is 7.98. The SMILES string of the molecule is Clc1ccccc1-c1nnc(SCc2ccccn2)n1C1CCCC1. The lowest BCUT2D eigenvalue weighted by Crippen LogP contribution is -2.08. The molecular formula is C19H19ClN4S. The van der Waals surface area contributed by atoms with Gasteiger partial charge in [0, 0.05) is 23.6 Å². The zero-order valence-corrected chi connectivity index (χ0v) is 15.4. The Morgan fingerprint density at radius 1 is 1.04 bits per heavy atom. The lowest BCUT2D eigenvalue weighted by molar-refractivity contribution is 0.485. The minimum Gasteiger partial charge on any atom is -0.299 e. The van der Waals surface area contributed by atoms with Crippen LogP contribution in [0.4, 0.5) is 0 Å². The highest BCUT2D eigenvalue weighted by Gasteiger charge is 2.25. The molecule has 0 N–H and O–H groups in total. The first-order valence-corrected chi connectivity index (χ1v) is 9.92. The molecule has 0 atom stereocenters. The Hall–Kier alpha value is -1.85. The molecule has 1 fully saturated rings. The van der Waals surface area contributed by atoms with Gasteiger partial charge in [-0.15, -0.1) is 10.2 Å². The standard InChI is InChI=1S/C19H19ClN4S/c20-17-11-4-3-10-16(17)18-22-23-19(24(18)15-8-1-2-9-15)25-13-14-7-5-6-12-21-14/h3-7,10-12,15H,1-2,8-9,13H2. The van der Waals surface area contributed by atoms with Crippen LogP contribution in [0.2, 0.25) is 5.02 Å². The van der Waals surface area contributed by atoms with E-state index in [1.54, 1.807) is 11.8 Å². The van der Waals surface area contributed by atoms with Crippen LogP contribution in [-0.2, 0) is 5.75 Å². The van der Waals surface area contributed by atoms with Crippen molar-refractivity contribution in [3.05, 3.63) is 59.4 Å². The summed E-state index contributed by atoms with van der Waals surface area (Å²) < 4.78 is 2.29. The number of rotatable bonds is 5. The fourth-order valence-electron chi connectivity index (χ4n) is 3.32. The summed E-state index contributed by atoms with van der Waals surface area (Å²) in [6.45, 7) is 0. The third-order valence-electron chi connectivity index (χ3n) is 4.54. The van der Waals surface area contributed by atoms with Crippen LogP contribution in [0.1, 0.15) is 37.4 Å². The van der Waals surface area contributed by atoms with Crippen molar-refractivity contribution in [2.75, 3.05) is 0 Å². The van der Waals surface area contributed by atoms with Gasteiger partial charge in [-0.3, -0.25) is 9.55 Å². The van der Waals surface area contributed by atoms with Gasteiger partial charge >= 0.3 is 0 Å². The third-order valence-corrected chi connectivity index (χ3v) is 5.85. The van der Waals surface area contributed by atoms with Crippen LogP contribution < -0.4 is 0 Å². The molecular weight excluding hydrogens is 352 g/mol. The van der Waals surface area contributed by atoms with E-state index in [-0.39, 0.29) is 0 Å². The molecule has 1 aliphatic rings. The van der Waals surface area contributed by atoms with Gasteiger partial charge in [0.15, 0.2) is 11.0 Å². The Morgan fingerprint density at radius 2 is 1.84 bits per heavy atom. The number of thioether (sulfide) groups is 1. The number of pyridine rings is 1. The Bertz CT molecular complexity index is 844. The minimum atomic E-state index is 0.451. The molecule has 0 aliphatic heterocycles. The molecule has 0 saturated heterocycles. The maximum Gasteiger partial charge on any atom is 0.192 e. The van der Waals surface area contributed by atoms with Gasteiger partial charge in [-0.2, -0.15) is 0 Å². The van der Waals surface area contributed by atoms with E-state index in [2.05, 4.69) is 19.7 Å². The summed E-state index contributed by atoms with van der Waals surface area (Å²) in [4.78, 5) is 4.40. The molecule has 1 aromatic carbocycles. The van der Waals surface area contributed by atoms with Crippen LogP contribution in [0, 0.1) is 0 Å². The van der Waals surface area contributed by atoms with Gasteiger partial charge in [-0.1, -0.05) is 54.4 Å². The van der Waals surface area contributed by atoms with Crippen molar-refractivity contribution in [1.29, 1.82) is 0 Å². The lowest BCUT2D eigenvalue weighted by Gasteiger charge is -2.17. The van der Waals surface area contributed by atoms with Crippen LogP contribution in [-0.4, -0.2) is 19.7 Å². The third kappa shape index (κ3) is 3.58. The number of nitrogens with zero attached hydrogens (tertiary/aromatic N) is 4. The van der Waals surface area contributed by atoms with Crippen LogP contribution in [0.5, 0.6) is 0 Å². The van der Waals surface area contributed by atoms with Crippen molar-refractivity contribution < 1.29 is 0 Å². The maximum absolute atomic E-state index is 6.42. The molecule has 0 unspecified atom stereocenters. The fraction of sp³-hybridized carbons (Fsp3) is 0.316. The van der Waals surface area contributed by atoms with Crippen molar-refractivity contribution in [1.82, 2.24) is 19.7 Å². The Labute approximate surface area is 156 Å². The van der Waals surface area contributed by atoms with Crippen molar-refractivity contribution >= 4 is 23.4 Å². The Kier molecular flexibility index (Phi) is 5.04. The number of aromatic nitrogens is 4. The first-order chi connectivity index (χ1) is 12.3. The number of hydrogen-bond acceptors (Lipinski definition) is 4. The average Bonchev–Trinajstić information content (AvgIpc) is 3.30. The molecule has 128 valence electrons. The van der Waals surface area contributed by atoms with Crippen LogP contribution >= 0.6 is 23.4 Å². The molecule has 0 bridgehead atoms. The predicted molar refractivity (Wildman–Crippen MR) is 102 cm³/mol. The van der Waals surface area contributed by atoms with E-state index < -0.39 is 0 Å². The van der Waals surface area contributed by atoms with Gasteiger partial charge in [-0.05, 0) is 37.1 Å². The molecule has 0 spiro atoms. The van der Waals surface area contributed by atoms with E-state index in [9.17, 15) is 0 Å². The van der Waals surface area contributed by atoms with E-state index >= 15 is 0 Å². The summed E-state index contributed by atoms with van der Waals surface area (Å²) >= 11 is 8.11. The predicted octanol–water partition coefficient (Wildman–Crippen LogP) is 5.40. The molecule has 2 aromatic heterocycles. The van der Waals surface area contributed by atoms with E-state index in [1.165, 1.54) is 25.7 Å². The van der Waals surface area contributed by atoms with Crippen molar-refractivity contribution in [2.45, 2.75) is 42.6 Å². The Morgan fingerprint density at radius 3 is 2.60 bits per heavy atom. The first kappa shape index (κ1) is 16.6. The van der Waals surface area contributed by atoms with Gasteiger partial charge in [-0.25, -0.2) is 0 Å². The molecule has 3 aromatic rings. The average molecular weight is 371 g/mol. The topological polar surface area (TPSA) is 43.6 Å². The summed E-state index contributed by atoms with van der Waals surface area (Å²) in [5, 5.41) is 10.6. The van der Waals surface area contributed by atoms with Gasteiger partial charge in [0.25, 0.3) is 0 Å². The molecule has 0 amide bonds. The zero-order valence-electron chi connectivity index (χ0n) is 13.8. The molecule has 6 heteroatoms. The summed E-state index contributed by atoms with van der Waals surface area (Å²) in [5.74, 6) is 1.66. The molecule has 25 heavy (non-hydrogen) atoms. The second-order valence-corrected chi connectivity index (χ2v) is 7.55. The first-order valence-electron chi connectivity index (χ1n) is 8.55. The van der Waals surface area contributed by atoms with Gasteiger partial charge in [0.1, 0.15) is 0 Å². The van der Waals surface area contributed by atoms with Crippen molar-refractivity contribution in [3.8, 4) is 11.4 Å². The summed E-state index contributed by atoms with van der Waals surface area (Å²) in [7, 11) is 0. The minimum absolute atomic E-state index is 0.451. The summed E-state index contributed by atoms with van der Waals surface area (Å²) in [6, 6.07) is 14.3. The number of hydrogen-bond donors (Lipinski definition) is 0. The normalized spacial score (nSPS) is 14.9. The largest absolute Gasteiger partial charge is 0.299 e. The van der Waals surface area contributed by atoms with Crippen molar-refractivity contribution in [3.63, 3.8) is 0 Å². The second-order valence-electron chi connectivity index (χ2n) is 6.20. The molecule has 1 aliphatic carbocycles. The maximum atomic E-state index is 6.42. The molecule has 4 rings (SSSR count). The monoisotopic (exact) mass is 370 g/mol. The molecule has 1 saturated carbocycles. The summed E-state index contributed by atoms with van der Waals surface area (Å²) in [5.41, 5.74) is 2.00. The molecule has 0 radical (unpaired) electrons. The Balaban J connectivity index is 1.68. The number of benzene rings is 1. The van der Waals surface area contributed by atoms with Crippen LogP contribution in [0.25, 0.3) is 11.4 Å². The molecule has 2 heterocycles. The highest BCUT2D eigenvalue weighted by Crippen LogP contribution is 2.38. The van der Waals surface area contributed by atoms with Crippen LogP contribution in [0.3, 0.4) is 0 Å². The summed E-state index contributed by atoms with van der Waals surface area (Å²) in [6.07, 6.45) is 6.69. The van der Waals surface area contributed by atoms with E-state index in [4.69, 9.17) is 11.6 Å².